The zero-order chi connectivity index (χ0) is 15.4. The van der Waals surface area contributed by atoms with Gasteiger partial charge in [0.05, 0.1) is 0 Å². The maximum atomic E-state index is 12.2. The molecule has 3 atom stereocenters. The minimum atomic E-state index is 0.154. The second-order valence-corrected chi connectivity index (χ2v) is 6.39. The highest BCUT2D eigenvalue weighted by atomic mass is 16.1. The van der Waals surface area contributed by atoms with Crippen LogP contribution in [0.3, 0.4) is 0 Å². The minimum Gasteiger partial charge on any atom is -0.399 e. The molecule has 0 saturated carbocycles. The Bertz CT molecular complexity index is 471. The summed E-state index contributed by atoms with van der Waals surface area (Å²) in [6.07, 6.45) is 2.62. The standard InChI is InChI=1S/C17H27N3O/c1-12(14-4-6-15(18)7-5-14)10-17(21)19-16-8-9-20(3)13(2)11-16/h4-7,12-13,16H,8-11,18H2,1-3H3,(H,19,21). The first-order valence-corrected chi connectivity index (χ1v) is 7.80. The molecule has 1 fully saturated rings. The predicted molar refractivity (Wildman–Crippen MR) is 87.1 cm³/mol. The quantitative estimate of drug-likeness (QED) is 0.837. The zero-order valence-corrected chi connectivity index (χ0v) is 13.3. The van der Waals surface area contributed by atoms with Gasteiger partial charge < -0.3 is 16.0 Å². The highest BCUT2D eigenvalue weighted by molar-refractivity contribution is 5.77. The van der Waals surface area contributed by atoms with Crippen molar-refractivity contribution in [2.45, 2.75) is 51.1 Å². The Balaban J connectivity index is 1.82. The fourth-order valence-corrected chi connectivity index (χ4v) is 2.93. The average molecular weight is 289 g/mol. The maximum absolute atomic E-state index is 12.2. The summed E-state index contributed by atoms with van der Waals surface area (Å²) >= 11 is 0. The molecule has 0 bridgehead atoms. The number of nitrogens with one attached hydrogen (secondary N) is 1. The Morgan fingerprint density at radius 1 is 1.43 bits per heavy atom. The Kier molecular flexibility index (Phi) is 5.23. The van der Waals surface area contributed by atoms with E-state index in [-0.39, 0.29) is 11.8 Å². The van der Waals surface area contributed by atoms with E-state index in [4.69, 9.17) is 5.73 Å². The van der Waals surface area contributed by atoms with Crippen LogP contribution in [0.1, 0.15) is 44.6 Å². The van der Waals surface area contributed by atoms with Gasteiger partial charge in [0, 0.05) is 30.7 Å². The van der Waals surface area contributed by atoms with Gasteiger partial charge in [0.15, 0.2) is 0 Å². The summed E-state index contributed by atoms with van der Waals surface area (Å²) in [5, 5.41) is 3.19. The summed E-state index contributed by atoms with van der Waals surface area (Å²) in [4.78, 5) is 14.5. The molecule has 116 valence electrons. The Morgan fingerprint density at radius 2 is 2.10 bits per heavy atom. The highest BCUT2D eigenvalue weighted by Crippen LogP contribution is 2.21. The lowest BCUT2D eigenvalue weighted by atomic mass is 9.95. The number of hydrogen-bond donors (Lipinski definition) is 2. The van der Waals surface area contributed by atoms with E-state index in [9.17, 15) is 4.79 Å². The van der Waals surface area contributed by atoms with Crippen LogP contribution in [-0.4, -0.2) is 36.5 Å². The van der Waals surface area contributed by atoms with Crippen molar-refractivity contribution in [2.75, 3.05) is 19.3 Å². The minimum absolute atomic E-state index is 0.154. The molecule has 0 aromatic heterocycles. The number of likely N-dealkylation sites (tertiary alicyclic amines) is 1. The number of carbonyl (C=O) groups is 1. The van der Waals surface area contributed by atoms with Gasteiger partial charge in [-0.05, 0) is 50.4 Å². The van der Waals surface area contributed by atoms with Crippen molar-refractivity contribution in [2.24, 2.45) is 0 Å². The first kappa shape index (κ1) is 15.8. The number of benzene rings is 1. The summed E-state index contributed by atoms with van der Waals surface area (Å²) in [5.74, 6) is 0.371. The van der Waals surface area contributed by atoms with Crippen LogP contribution in [0.5, 0.6) is 0 Å². The molecular weight excluding hydrogens is 262 g/mol. The van der Waals surface area contributed by atoms with Crippen molar-refractivity contribution in [3.05, 3.63) is 29.8 Å². The summed E-state index contributed by atoms with van der Waals surface area (Å²) in [7, 11) is 2.14. The van der Waals surface area contributed by atoms with Crippen molar-refractivity contribution in [1.29, 1.82) is 0 Å². The van der Waals surface area contributed by atoms with Crippen LogP contribution >= 0.6 is 0 Å². The number of nitrogens with two attached hydrogens (primary N) is 1. The maximum Gasteiger partial charge on any atom is 0.220 e. The average Bonchev–Trinajstić information content (AvgIpc) is 2.43. The molecule has 2 rings (SSSR count). The lowest BCUT2D eigenvalue weighted by molar-refractivity contribution is -0.122. The van der Waals surface area contributed by atoms with Crippen molar-refractivity contribution in [1.82, 2.24) is 10.2 Å². The third-order valence-electron chi connectivity index (χ3n) is 4.57. The molecule has 1 heterocycles. The fraction of sp³-hybridized carbons (Fsp3) is 0.588. The summed E-state index contributed by atoms with van der Waals surface area (Å²) in [6.45, 7) is 5.36. The lowest BCUT2D eigenvalue weighted by Crippen LogP contribution is -2.47. The van der Waals surface area contributed by atoms with Crippen LogP contribution in [0, 0.1) is 0 Å². The number of anilines is 1. The van der Waals surface area contributed by atoms with Crippen LogP contribution in [0.25, 0.3) is 0 Å². The Hall–Kier alpha value is -1.55. The van der Waals surface area contributed by atoms with Gasteiger partial charge in [-0.2, -0.15) is 0 Å². The molecule has 1 aliphatic heterocycles. The monoisotopic (exact) mass is 289 g/mol. The van der Waals surface area contributed by atoms with E-state index in [1.807, 2.05) is 24.3 Å². The van der Waals surface area contributed by atoms with E-state index in [2.05, 4.69) is 31.1 Å². The molecule has 3 N–H and O–H groups in total. The smallest absolute Gasteiger partial charge is 0.220 e. The molecule has 0 aliphatic carbocycles. The molecule has 0 radical (unpaired) electrons. The van der Waals surface area contributed by atoms with Crippen molar-refractivity contribution < 1.29 is 4.79 Å². The first-order valence-electron chi connectivity index (χ1n) is 7.80. The van der Waals surface area contributed by atoms with E-state index >= 15 is 0 Å². The van der Waals surface area contributed by atoms with Crippen molar-refractivity contribution in [3.63, 3.8) is 0 Å². The number of nitrogens with zero attached hydrogens (tertiary/aromatic N) is 1. The van der Waals surface area contributed by atoms with Gasteiger partial charge in [-0.3, -0.25) is 4.79 Å². The van der Waals surface area contributed by atoms with E-state index in [1.54, 1.807) is 0 Å². The number of amides is 1. The number of rotatable bonds is 4. The van der Waals surface area contributed by atoms with Crippen molar-refractivity contribution in [3.8, 4) is 0 Å². The summed E-state index contributed by atoms with van der Waals surface area (Å²) in [5.41, 5.74) is 7.62. The Morgan fingerprint density at radius 3 is 2.71 bits per heavy atom. The molecule has 21 heavy (non-hydrogen) atoms. The number of carbonyl (C=O) groups excluding carboxylic acids is 1. The number of piperidine rings is 1. The number of nitrogen functional groups attached to an aromatic ring is 1. The van der Waals surface area contributed by atoms with E-state index < -0.39 is 0 Å². The lowest BCUT2D eigenvalue weighted by Gasteiger charge is -2.35. The second kappa shape index (κ2) is 6.94. The first-order chi connectivity index (χ1) is 9.95. The normalized spacial score (nSPS) is 24.5. The molecule has 1 amide bonds. The third kappa shape index (κ3) is 4.46. The van der Waals surface area contributed by atoms with Gasteiger partial charge in [-0.15, -0.1) is 0 Å². The van der Waals surface area contributed by atoms with Crippen LogP contribution in [-0.2, 0) is 4.79 Å². The largest absolute Gasteiger partial charge is 0.399 e. The molecule has 3 unspecified atom stereocenters. The Labute approximate surface area is 127 Å². The molecule has 1 aromatic rings. The summed E-state index contributed by atoms with van der Waals surface area (Å²) in [6, 6.07) is 8.65. The molecule has 1 saturated heterocycles. The summed E-state index contributed by atoms with van der Waals surface area (Å²) < 4.78 is 0. The number of hydrogen-bond acceptors (Lipinski definition) is 3. The predicted octanol–water partition coefficient (Wildman–Crippen LogP) is 2.36. The molecule has 0 spiro atoms. The topological polar surface area (TPSA) is 58.4 Å². The highest BCUT2D eigenvalue weighted by Gasteiger charge is 2.24. The van der Waals surface area contributed by atoms with E-state index in [0.717, 1.165) is 30.6 Å². The van der Waals surface area contributed by atoms with E-state index in [1.165, 1.54) is 0 Å². The van der Waals surface area contributed by atoms with Gasteiger partial charge in [0.1, 0.15) is 0 Å². The van der Waals surface area contributed by atoms with Crippen molar-refractivity contribution >= 4 is 11.6 Å². The van der Waals surface area contributed by atoms with Crippen LogP contribution in [0.4, 0.5) is 5.69 Å². The van der Waals surface area contributed by atoms with Gasteiger partial charge in [0.2, 0.25) is 5.91 Å². The fourth-order valence-electron chi connectivity index (χ4n) is 2.93. The molecule has 1 aromatic carbocycles. The molecule has 1 aliphatic rings. The van der Waals surface area contributed by atoms with Crippen LogP contribution in [0.15, 0.2) is 24.3 Å². The van der Waals surface area contributed by atoms with Crippen LogP contribution in [0.2, 0.25) is 0 Å². The SMILES string of the molecule is CC(CC(=O)NC1CCN(C)C(C)C1)c1ccc(N)cc1. The van der Waals surface area contributed by atoms with Gasteiger partial charge >= 0.3 is 0 Å². The van der Waals surface area contributed by atoms with E-state index in [0.29, 0.717) is 18.5 Å². The van der Waals surface area contributed by atoms with Crippen LogP contribution < -0.4 is 11.1 Å². The molecule has 4 nitrogen and oxygen atoms in total. The third-order valence-corrected chi connectivity index (χ3v) is 4.57. The zero-order valence-electron chi connectivity index (χ0n) is 13.3. The van der Waals surface area contributed by atoms with Gasteiger partial charge in [0.25, 0.3) is 0 Å². The van der Waals surface area contributed by atoms with Gasteiger partial charge in [-0.1, -0.05) is 19.1 Å². The van der Waals surface area contributed by atoms with Gasteiger partial charge in [-0.25, -0.2) is 0 Å². The second-order valence-electron chi connectivity index (χ2n) is 6.39. The molecule has 4 heteroatoms. The molecular formula is C17H27N3O.